The zero-order valence-electron chi connectivity index (χ0n) is 8.59. The summed E-state index contributed by atoms with van der Waals surface area (Å²) in [4.78, 5) is 24.1. The summed E-state index contributed by atoms with van der Waals surface area (Å²) in [5.41, 5.74) is -0.372. The lowest BCUT2D eigenvalue weighted by atomic mass is 9.69. The molecule has 0 bridgehead atoms. The summed E-state index contributed by atoms with van der Waals surface area (Å²) in [5.74, 6) is -1.11. The van der Waals surface area contributed by atoms with Crippen LogP contribution in [0.5, 0.6) is 0 Å². The molecule has 0 aromatic heterocycles. The fourth-order valence-electron chi connectivity index (χ4n) is 2.41. The van der Waals surface area contributed by atoms with Gasteiger partial charge >= 0.3 is 5.97 Å². The molecule has 15 heavy (non-hydrogen) atoms. The predicted molar refractivity (Wildman–Crippen MR) is 56.4 cm³/mol. The molecule has 1 saturated carbocycles. The molecule has 0 heterocycles. The molecule has 0 saturated heterocycles. The van der Waals surface area contributed by atoms with Crippen LogP contribution >= 0.6 is 11.8 Å². The Hall–Kier alpha value is -0.770. The van der Waals surface area contributed by atoms with E-state index in [0.717, 1.165) is 32.1 Å². The highest BCUT2D eigenvalue weighted by atomic mass is 35.5. The van der Waals surface area contributed by atoms with Crippen LogP contribution in [0.25, 0.3) is 0 Å². The number of halogens is 1. The van der Waals surface area contributed by atoms with Crippen molar-refractivity contribution >= 4 is 23.7 Å². The molecule has 0 aromatic carbocycles. The third kappa shape index (κ3) is 3.70. The second-order valence-corrected chi connectivity index (χ2v) is 4.51. The maximum atomic E-state index is 11.2. The second-order valence-electron chi connectivity index (χ2n) is 4.33. The SMILES string of the molecule is O=C(O)CC1(CC(=O)NCl)CCCCC1. The number of rotatable bonds is 4. The number of hydrogen-bond acceptors (Lipinski definition) is 2. The van der Waals surface area contributed by atoms with E-state index in [4.69, 9.17) is 16.9 Å². The minimum absolute atomic E-state index is 0.0668. The molecule has 86 valence electrons. The zero-order valence-corrected chi connectivity index (χ0v) is 9.35. The topological polar surface area (TPSA) is 66.4 Å². The Bertz CT molecular complexity index is 249. The summed E-state index contributed by atoms with van der Waals surface area (Å²) in [6, 6.07) is 0. The molecule has 0 unspecified atom stereocenters. The Balaban J connectivity index is 2.65. The molecule has 1 rings (SSSR count). The lowest BCUT2D eigenvalue weighted by Gasteiger charge is -2.35. The van der Waals surface area contributed by atoms with Gasteiger partial charge in [0.2, 0.25) is 5.91 Å². The lowest BCUT2D eigenvalue weighted by Crippen LogP contribution is -2.32. The van der Waals surface area contributed by atoms with Gasteiger partial charge in [-0.3, -0.25) is 14.4 Å². The Morgan fingerprint density at radius 2 is 1.80 bits per heavy atom. The van der Waals surface area contributed by atoms with Crippen molar-refractivity contribution in [2.45, 2.75) is 44.9 Å². The van der Waals surface area contributed by atoms with Crippen molar-refractivity contribution in [2.75, 3.05) is 0 Å². The Morgan fingerprint density at radius 3 is 2.27 bits per heavy atom. The summed E-state index contributed by atoms with van der Waals surface area (Å²) in [5, 5.41) is 8.85. The van der Waals surface area contributed by atoms with E-state index < -0.39 is 5.97 Å². The number of amides is 1. The fourth-order valence-corrected chi connectivity index (χ4v) is 2.48. The van der Waals surface area contributed by atoms with Crippen molar-refractivity contribution < 1.29 is 14.7 Å². The van der Waals surface area contributed by atoms with Gasteiger partial charge in [-0.25, -0.2) is 0 Å². The Labute approximate surface area is 94.1 Å². The first kappa shape index (κ1) is 12.3. The van der Waals surface area contributed by atoms with Gasteiger partial charge in [0.1, 0.15) is 0 Å². The van der Waals surface area contributed by atoms with Crippen LogP contribution in [0.2, 0.25) is 0 Å². The average Bonchev–Trinajstić information content (AvgIpc) is 2.17. The van der Waals surface area contributed by atoms with Gasteiger partial charge in [-0.1, -0.05) is 19.3 Å². The lowest BCUT2D eigenvalue weighted by molar-refractivity contribution is -0.141. The molecule has 0 radical (unpaired) electrons. The summed E-state index contributed by atoms with van der Waals surface area (Å²) >= 11 is 5.22. The van der Waals surface area contributed by atoms with E-state index in [-0.39, 0.29) is 24.2 Å². The first-order valence-corrected chi connectivity index (χ1v) is 5.57. The highest BCUT2D eigenvalue weighted by Gasteiger charge is 2.36. The zero-order chi connectivity index (χ0) is 11.3. The second kappa shape index (κ2) is 5.35. The Kier molecular flexibility index (Phi) is 4.39. The summed E-state index contributed by atoms with van der Waals surface area (Å²) in [6.07, 6.45) is 5.04. The first-order valence-electron chi connectivity index (χ1n) is 5.19. The van der Waals surface area contributed by atoms with E-state index in [1.807, 2.05) is 0 Å². The fraction of sp³-hybridized carbons (Fsp3) is 0.800. The molecule has 1 aliphatic carbocycles. The average molecular weight is 234 g/mol. The quantitative estimate of drug-likeness (QED) is 0.731. The third-order valence-corrected chi connectivity index (χ3v) is 3.29. The number of hydrogen-bond donors (Lipinski definition) is 2. The molecular weight excluding hydrogens is 218 g/mol. The minimum Gasteiger partial charge on any atom is -0.481 e. The van der Waals surface area contributed by atoms with Gasteiger partial charge in [0.25, 0.3) is 0 Å². The molecule has 1 amide bonds. The van der Waals surface area contributed by atoms with Crippen LogP contribution in [0.1, 0.15) is 44.9 Å². The summed E-state index contributed by atoms with van der Waals surface area (Å²) < 4.78 is 0. The van der Waals surface area contributed by atoms with Crippen LogP contribution in [0, 0.1) is 5.41 Å². The van der Waals surface area contributed by atoms with Crippen molar-refractivity contribution in [1.82, 2.24) is 4.84 Å². The van der Waals surface area contributed by atoms with Crippen molar-refractivity contribution in [3.05, 3.63) is 0 Å². The van der Waals surface area contributed by atoms with Crippen LogP contribution < -0.4 is 4.84 Å². The first-order chi connectivity index (χ1) is 7.08. The number of carboxylic acid groups (broad SMARTS) is 1. The number of nitrogens with one attached hydrogen (secondary N) is 1. The maximum absolute atomic E-state index is 11.2. The molecule has 2 N–H and O–H groups in total. The molecule has 0 aromatic rings. The van der Waals surface area contributed by atoms with Crippen LogP contribution in [0.15, 0.2) is 0 Å². The van der Waals surface area contributed by atoms with Gasteiger partial charge < -0.3 is 5.11 Å². The van der Waals surface area contributed by atoms with E-state index in [0.29, 0.717) is 0 Å². The van der Waals surface area contributed by atoms with E-state index in [1.54, 1.807) is 0 Å². The maximum Gasteiger partial charge on any atom is 0.303 e. The molecule has 1 fully saturated rings. The van der Waals surface area contributed by atoms with Crippen molar-refractivity contribution in [3.63, 3.8) is 0 Å². The van der Waals surface area contributed by atoms with Crippen molar-refractivity contribution in [1.29, 1.82) is 0 Å². The van der Waals surface area contributed by atoms with E-state index in [1.165, 1.54) is 0 Å². The van der Waals surface area contributed by atoms with Gasteiger partial charge in [0.15, 0.2) is 0 Å². The summed E-state index contributed by atoms with van der Waals surface area (Å²) in [7, 11) is 0. The number of carbonyl (C=O) groups is 2. The van der Waals surface area contributed by atoms with E-state index in [9.17, 15) is 9.59 Å². The highest BCUT2D eigenvalue weighted by Crippen LogP contribution is 2.42. The normalized spacial score (nSPS) is 19.5. The molecule has 1 aliphatic rings. The standard InChI is InChI=1S/C10H16ClNO3/c11-12-8(13)6-10(7-9(14)15)4-2-1-3-5-10/h1-7H2,(H,12,13)(H,14,15). The number of carboxylic acids is 1. The smallest absolute Gasteiger partial charge is 0.303 e. The number of carbonyl (C=O) groups excluding carboxylic acids is 1. The molecule has 0 atom stereocenters. The van der Waals surface area contributed by atoms with Crippen LogP contribution in [-0.2, 0) is 9.59 Å². The van der Waals surface area contributed by atoms with Crippen molar-refractivity contribution in [3.8, 4) is 0 Å². The van der Waals surface area contributed by atoms with E-state index in [2.05, 4.69) is 4.84 Å². The summed E-state index contributed by atoms with van der Waals surface area (Å²) in [6.45, 7) is 0. The van der Waals surface area contributed by atoms with Gasteiger partial charge in [-0.2, -0.15) is 0 Å². The van der Waals surface area contributed by atoms with Crippen LogP contribution in [-0.4, -0.2) is 17.0 Å². The van der Waals surface area contributed by atoms with Crippen LogP contribution in [0.3, 0.4) is 0 Å². The van der Waals surface area contributed by atoms with Gasteiger partial charge in [0.05, 0.1) is 6.42 Å². The monoisotopic (exact) mass is 233 g/mol. The Morgan fingerprint density at radius 1 is 1.20 bits per heavy atom. The minimum atomic E-state index is -0.834. The molecule has 0 spiro atoms. The largest absolute Gasteiger partial charge is 0.481 e. The van der Waals surface area contributed by atoms with Gasteiger partial charge in [0, 0.05) is 18.2 Å². The molecule has 0 aliphatic heterocycles. The predicted octanol–water partition coefficient (Wildman–Crippen LogP) is 2.07. The molecule has 5 heteroatoms. The number of aliphatic carboxylic acids is 1. The highest BCUT2D eigenvalue weighted by molar-refractivity contribution is 6.21. The van der Waals surface area contributed by atoms with Crippen LogP contribution in [0.4, 0.5) is 0 Å². The van der Waals surface area contributed by atoms with Crippen molar-refractivity contribution in [2.24, 2.45) is 5.41 Å². The van der Waals surface area contributed by atoms with E-state index >= 15 is 0 Å². The molecular formula is C10H16ClNO3. The third-order valence-electron chi connectivity index (χ3n) is 3.08. The van der Waals surface area contributed by atoms with Gasteiger partial charge in [-0.15, -0.1) is 0 Å². The van der Waals surface area contributed by atoms with Gasteiger partial charge in [-0.05, 0) is 18.3 Å². The molecule has 4 nitrogen and oxygen atoms in total.